The van der Waals surface area contributed by atoms with Crippen LogP contribution in [0.5, 0.6) is 11.5 Å². The molecular formula is C19H20FNO4. The van der Waals surface area contributed by atoms with Crippen molar-refractivity contribution in [2.75, 3.05) is 20.3 Å². The summed E-state index contributed by atoms with van der Waals surface area (Å²) in [6.45, 7) is 0.0316. The molecule has 6 heteroatoms. The van der Waals surface area contributed by atoms with Gasteiger partial charge >= 0.3 is 0 Å². The minimum atomic E-state index is -0.589. The standard InChI is InChI=1S/C19H20FNO4/c1-24-16-6-2-4-13(8-16)18-10-15(22)11-21(18)19(23)12-25-17-7-3-5-14(20)9-17/h2-9,15,18,22H,10-12H2,1H3/t15-,18+/m0/s1. The van der Waals surface area contributed by atoms with E-state index in [0.717, 1.165) is 5.56 Å². The lowest BCUT2D eigenvalue weighted by Crippen LogP contribution is -2.35. The molecule has 0 bridgehead atoms. The first-order valence-corrected chi connectivity index (χ1v) is 8.06. The summed E-state index contributed by atoms with van der Waals surface area (Å²) in [7, 11) is 1.58. The molecule has 0 spiro atoms. The predicted octanol–water partition coefficient (Wildman–Crippen LogP) is 2.55. The number of aliphatic hydroxyl groups is 1. The molecule has 1 heterocycles. The molecule has 1 N–H and O–H groups in total. The van der Waals surface area contributed by atoms with Crippen LogP contribution in [0.1, 0.15) is 18.0 Å². The SMILES string of the molecule is COc1cccc([C@H]2C[C@H](O)CN2C(=O)COc2cccc(F)c2)c1. The topological polar surface area (TPSA) is 59.0 Å². The third-order valence-corrected chi connectivity index (χ3v) is 4.24. The molecule has 2 aromatic carbocycles. The summed E-state index contributed by atoms with van der Waals surface area (Å²) in [5.41, 5.74) is 0.898. The van der Waals surface area contributed by atoms with Crippen LogP contribution in [0.3, 0.4) is 0 Å². The molecule has 0 radical (unpaired) electrons. The van der Waals surface area contributed by atoms with Gasteiger partial charge in [0.15, 0.2) is 6.61 Å². The van der Waals surface area contributed by atoms with Crippen LogP contribution in [0.25, 0.3) is 0 Å². The minimum absolute atomic E-state index is 0.212. The van der Waals surface area contributed by atoms with Crippen LogP contribution in [-0.4, -0.2) is 42.3 Å². The molecule has 0 aromatic heterocycles. The molecule has 1 fully saturated rings. The van der Waals surface area contributed by atoms with Gasteiger partial charge in [-0.05, 0) is 36.2 Å². The van der Waals surface area contributed by atoms with Crippen molar-refractivity contribution in [3.63, 3.8) is 0 Å². The smallest absolute Gasteiger partial charge is 0.261 e. The Hall–Kier alpha value is -2.60. The summed E-state index contributed by atoms with van der Waals surface area (Å²) in [6.07, 6.45) is -0.131. The van der Waals surface area contributed by atoms with E-state index in [1.807, 2.05) is 24.3 Å². The van der Waals surface area contributed by atoms with Gasteiger partial charge in [0.1, 0.15) is 17.3 Å². The highest BCUT2D eigenvalue weighted by Gasteiger charge is 2.35. The van der Waals surface area contributed by atoms with Gasteiger partial charge in [-0.3, -0.25) is 4.79 Å². The average Bonchev–Trinajstić information content (AvgIpc) is 3.02. The molecule has 1 aliphatic rings. The second-order valence-corrected chi connectivity index (χ2v) is 5.97. The fourth-order valence-corrected chi connectivity index (χ4v) is 3.04. The maximum Gasteiger partial charge on any atom is 0.261 e. The summed E-state index contributed by atoms with van der Waals surface area (Å²) in [4.78, 5) is 14.1. The maximum atomic E-state index is 13.2. The number of nitrogens with zero attached hydrogens (tertiary/aromatic N) is 1. The fourth-order valence-electron chi connectivity index (χ4n) is 3.04. The quantitative estimate of drug-likeness (QED) is 0.905. The van der Waals surface area contributed by atoms with Gasteiger partial charge in [0.25, 0.3) is 5.91 Å². The molecule has 0 aliphatic carbocycles. The number of rotatable bonds is 5. The number of methoxy groups -OCH3 is 1. The summed E-state index contributed by atoms with van der Waals surface area (Å²) >= 11 is 0. The second-order valence-electron chi connectivity index (χ2n) is 5.97. The molecule has 1 amide bonds. The summed E-state index contributed by atoms with van der Waals surface area (Å²) < 4.78 is 23.8. The number of aliphatic hydroxyl groups excluding tert-OH is 1. The zero-order valence-electron chi connectivity index (χ0n) is 13.9. The van der Waals surface area contributed by atoms with Crippen LogP contribution in [0.15, 0.2) is 48.5 Å². The third-order valence-electron chi connectivity index (χ3n) is 4.24. The molecule has 2 atom stereocenters. The third kappa shape index (κ3) is 4.09. The van der Waals surface area contributed by atoms with Gasteiger partial charge < -0.3 is 19.5 Å². The van der Waals surface area contributed by atoms with Gasteiger partial charge in [0, 0.05) is 12.6 Å². The summed E-state index contributed by atoms with van der Waals surface area (Å²) in [5.74, 6) is 0.317. The predicted molar refractivity (Wildman–Crippen MR) is 90.0 cm³/mol. The molecule has 0 unspecified atom stereocenters. The van der Waals surface area contributed by atoms with E-state index in [0.29, 0.717) is 17.9 Å². The zero-order chi connectivity index (χ0) is 17.8. The van der Waals surface area contributed by atoms with Crippen LogP contribution >= 0.6 is 0 Å². The number of benzene rings is 2. The van der Waals surface area contributed by atoms with Gasteiger partial charge in [0.2, 0.25) is 0 Å². The Balaban J connectivity index is 1.71. The van der Waals surface area contributed by atoms with Crippen molar-refractivity contribution in [1.82, 2.24) is 4.90 Å². The molecule has 132 valence electrons. The number of hydrogen-bond acceptors (Lipinski definition) is 4. The number of halogens is 1. The molecule has 5 nitrogen and oxygen atoms in total. The highest BCUT2D eigenvalue weighted by Crippen LogP contribution is 2.33. The van der Waals surface area contributed by atoms with Gasteiger partial charge in [0.05, 0.1) is 19.3 Å². The number of β-amino-alcohol motifs (C(OH)–C–C–N with tert-alkyl or cyclic N) is 1. The Labute approximate surface area is 145 Å². The lowest BCUT2D eigenvalue weighted by Gasteiger charge is -2.25. The number of ether oxygens (including phenoxy) is 2. The van der Waals surface area contributed by atoms with Crippen LogP contribution in [0.2, 0.25) is 0 Å². The highest BCUT2D eigenvalue weighted by molar-refractivity contribution is 5.78. The second kappa shape index (κ2) is 7.53. The van der Waals surface area contributed by atoms with E-state index < -0.39 is 11.9 Å². The highest BCUT2D eigenvalue weighted by atomic mass is 19.1. The van der Waals surface area contributed by atoms with Crippen LogP contribution < -0.4 is 9.47 Å². The summed E-state index contributed by atoms with van der Waals surface area (Å²) in [5, 5.41) is 10.0. The molecule has 1 aliphatic heterocycles. The van der Waals surface area contributed by atoms with E-state index >= 15 is 0 Å². The van der Waals surface area contributed by atoms with Crippen LogP contribution in [-0.2, 0) is 4.79 Å². The van der Waals surface area contributed by atoms with E-state index in [9.17, 15) is 14.3 Å². The molecule has 25 heavy (non-hydrogen) atoms. The van der Waals surface area contributed by atoms with Crippen molar-refractivity contribution < 1.29 is 23.8 Å². The molecular weight excluding hydrogens is 325 g/mol. The van der Waals surface area contributed by atoms with Gasteiger partial charge in [-0.2, -0.15) is 0 Å². The number of amides is 1. The number of carbonyl (C=O) groups is 1. The van der Waals surface area contributed by atoms with Crippen molar-refractivity contribution in [3.8, 4) is 11.5 Å². The Morgan fingerprint density at radius 2 is 2.00 bits per heavy atom. The molecule has 3 rings (SSSR count). The van der Waals surface area contributed by atoms with Crippen molar-refractivity contribution in [1.29, 1.82) is 0 Å². The monoisotopic (exact) mass is 345 g/mol. The van der Waals surface area contributed by atoms with Crippen molar-refractivity contribution in [2.24, 2.45) is 0 Å². The number of carbonyl (C=O) groups excluding carboxylic acids is 1. The van der Waals surface area contributed by atoms with Crippen molar-refractivity contribution in [2.45, 2.75) is 18.6 Å². The van der Waals surface area contributed by atoms with Crippen molar-refractivity contribution in [3.05, 3.63) is 59.9 Å². The number of likely N-dealkylation sites (tertiary alicyclic amines) is 1. The molecule has 2 aromatic rings. The Morgan fingerprint density at radius 1 is 1.24 bits per heavy atom. The Kier molecular flexibility index (Phi) is 5.19. The lowest BCUT2D eigenvalue weighted by atomic mass is 10.0. The van der Waals surface area contributed by atoms with E-state index in [1.54, 1.807) is 18.1 Å². The van der Waals surface area contributed by atoms with E-state index in [1.165, 1.54) is 18.2 Å². The van der Waals surface area contributed by atoms with Crippen LogP contribution in [0.4, 0.5) is 4.39 Å². The lowest BCUT2D eigenvalue weighted by molar-refractivity contribution is -0.134. The molecule has 1 saturated heterocycles. The average molecular weight is 345 g/mol. The normalized spacial score (nSPS) is 19.7. The molecule has 0 saturated carbocycles. The van der Waals surface area contributed by atoms with E-state index in [-0.39, 0.29) is 25.1 Å². The van der Waals surface area contributed by atoms with Gasteiger partial charge in [-0.25, -0.2) is 4.39 Å². The number of hydrogen-bond donors (Lipinski definition) is 1. The zero-order valence-corrected chi connectivity index (χ0v) is 13.9. The summed E-state index contributed by atoms with van der Waals surface area (Å²) in [6, 6.07) is 12.8. The van der Waals surface area contributed by atoms with Crippen LogP contribution in [0, 0.1) is 5.82 Å². The first kappa shape index (κ1) is 17.2. The van der Waals surface area contributed by atoms with Gasteiger partial charge in [-0.15, -0.1) is 0 Å². The Morgan fingerprint density at radius 3 is 2.76 bits per heavy atom. The maximum absolute atomic E-state index is 13.2. The first-order valence-electron chi connectivity index (χ1n) is 8.06. The minimum Gasteiger partial charge on any atom is -0.497 e. The van der Waals surface area contributed by atoms with Gasteiger partial charge in [-0.1, -0.05) is 18.2 Å². The van der Waals surface area contributed by atoms with Crippen molar-refractivity contribution >= 4 is 5.91 Å². The van der Waals surface area contributed by atoms with E-state index in [2.05, 4.69) is 0 Å². The first-order chi connectivity index (χ1) is 12.1. The Bertz CT molecular complexity index is 752. The largest absolute Gasteiger partial charge is 0.497 e. The van der Waals surface area contributed by atoms with E-state index in [4.69, 9.17) is 9.47 Å². The fraction of sp³-hybridized carbons (Fsp3) is 0.316.